The second-order valence-electron chi connectivity index (χ2n) is 5.77. The molecule has 1 fully saturated rings. The molecule has 132 valence electrons. The first kappa shape index (κ1) is 17.5. The van der Waals surface area contributed by atoms with E-state index in [4.69, 9.17) is 5.73 Å². The van der Waals surface area contributed by atoms with Crippen LogP contribution in [-0.2, 0) is 4.79 Å². The van der Waals surface area contributed by atoms with Gasteiger partial charge >= 0.3 is 0 Å². The van der Waals surface area contributed by atoms with Gasteiger partial charge in [-0.2, -0.15) is 5.10 Å². The van der Waals surface area contributed by atoms with Gasteiger partial charge in [-0.25, -0.2) is 4.68 Å². The van der Waals surface area contributed by atoms with Crippen LogP contribution in [0, 0.1) is 0 Å². The van der Waals surface area contributed by atoms with Crippen LogP contribution in [0.5, 0.6) is 0 Å². The van der Waals surface area contributed by atoms with Crippen molar-refractivity contribution in [2.45, 2.75) is 6.42 Å². The summed E-state index contributed by atoms with van der Waals surface area (Å²) in [6.07, 6.45) is 4.19. The normalized spacial score (nSPS) is 15.8. The van der Waals surface area contributed by atoms with Gasteiger partial charge in [0.2, 0.25) is 5.91 Å². The molecule has 0 aromatic carbocycles. The van der Waals surface area contributed by atoms with Crippen molar-refractivity contribution in [3.63, 3.8) is 0 Å². The summed E-state index contributed by atoms with van der Waals surface area (Å²) in [5.74, 6) is 0.0128. The average molecular weight is 408 g/mol. The summed E-state index contributed by atoms with van der Waals surface area (Å²) >= 11 is 3.32. The molecule has 1 saturated heterocycles. The molecular formula is C15H18BrN7O2. The summed E-state index contributed by atoms with van der Waals surface area (Å²) in [6.45, 7) is 2.72. The fourth-order valence-electron chi connectivity index (χ4n) is 2.70. The number of hydrogen-bond acceptors (Lipinski definition) is 6. The van der Waals surface area contributed by atoms with Gasteiger partial charge in [-0.15, -0.1) is 10.2 Å². The molecule has 10 heteroatoms. The van der Waals surface area contributed by atoms with E-state index in [-0.39, 0.29) is 18.4 Å². The Morgan fingerprint density at radius 2 is 2.00 bits per heavy atom. The first-order valence-corrected chi connectivity index (χ1v) is 8.66. The molecule has 0 bridgehead atoms. The van der Waals surface area contributed by atoms with Crippen molar-refractivity contribution >= 4 is 27.7 Å². The van der Waals surface area contributed by atoms with E-state index in [0.717, 1.165) is 17.4 Å². The van der Waals surface area contributed by atoms with E-state index in [9.17, 15) is 9.59 Å². The predicted molar refractivity (Wildman–Crippen MR) is 93.0 cm³/mol. The van der Waals surface area contributed by atoms with E-state index in [1.54, 1.807) is 34.1 Å². The second-order valence-corrected chi connectivity index (χ2v) is 6.68. The third-order valence-electron chi connectivity index (χ3n) is 3.91. The molecule has 3 rings (SSSR count). The average Bonchev–Trinajstić information content (AvgIpc) is 2.89. The Kier molecular flexibility index (Phi) is 5.39. The van der Waals surface area contributed by atoms with Crippen LogP contribution in [0.1, 0.15) is 16.9 Å². The van der Waals surface area contributed by atoms with E-state index in [2.05, 4.69) is 31.2 Å². The minimum Gasteiger partial charge on any atom is -0.369 e. The number of nitrogens with two attached hydrogens (primary N) is 1. The Bertz CT molecular complexity index is 761. The molecule has 0 atom stereocenters. The van der Waals surface area contributed by atoms with Crippen molar-refractivity contribution in [3.8, 4) is 5.82 Å². The number of hydrogen-bond donors (Lipinski definition) is 1. The smallest absolute Gasteiger partial charge is 0.274 e. The zero-order chi connectivity index (χ0) is 17.8. The molecule has 0 unspecified atom stereocenters. The maximum atomic E-state index is 12.6. The zero-order valence-electron chi connectivity index (χ0n) is 13.5. The lowest BCUT2D eigenvalue weighted by Crippen LogP contribution is -2.38. The number of carbonyl (C=O) groups is 2. The van der Waals surface area contributed by atoms with Crippen LogP contribution >= 0.6 is 15.9 Å². The molecule has 2 aromatic rings. The Morgan fingerprint density at radius 3 is 2.64 bits per heavy atom. The molecule has 2 aromatic heterocycles. The summed E-state index contributed by atoms with van der Waals surface area (Å²) in [6, 6.07) is 3.35. The molecule has 0 radical (unpaired) electrons. The Hall–Kier alpha value is -2.33. The first-order chi connectivity index (χ1) is 12.0. The van der Waals surface area contributed by atoms with Gasteiger partial charge in [0, 0.05) is 32.4 Å². The van der Waals surface area contributed by atoms with Gasteiger partial charge in [0.25, 0.3) is 5.91 Å². The summed E-state index contributed by atoms with van der Waals surface area (Å²) in [5, 5.41) is 12.2. The van der Waals surface area contributed by atoms with Crippen molar-refractivity contribution in [1.82, 2.24) is 29.8 Å². The molecule has 0 aliphatic carbocycles. The van der Waals surface area contributed by atoms with Crippen LogP contribution in [0.2, 0.25) is 0 Å². The molecule has 9 nitrogen and oxygen atoms in total. The number of primary amides is 1. The van der Waals surface area contributed by atoms with E-state index in [0.29, 0.717) is 31.1 Å². The lowest BCUT2D eigenvalue weighted by molar-refractivity contribution is -0.119. The molecule has 0 spiro atoms. The highest BCUT2D eigenvalue weighted by Crippen LogP contribution is 2.12. The highest BCUT2D eigenvalue weighted by Gasteiger charge is 2.22. The minimum atomic E-state index is -0.355. The van der Waals surface area contributed by atoms with Crippen LogP contribution in [-0.4, -0.2) is 74.3 Å². The van der Waals surface area contributed by atoms with E-state index in [1.165, 1.54) is 0 Å². The van der Waals surface area contributed by atoms with E-state index >= 15 is 0 Å². The first-order valence-electron chi connectivity index (χ1n) is 7.87. The summed E-state index contributed by atoms with van der Waals surface area (Å²) in [5.41, 5.74) is 5.52. The number of amides is 2. The molecule has 3 heterocycles. The second kappa shape index (κ2) is 7.70. The molecular weight excluding hydrogens is 390 g/mol. The van der Waals surface area contributed by atoms with Gasteiger partial charge in [-0.3, -0.25) is 14.5 Å². The third-order valence-corrected chi connectivity index (χ3v) is 4.32. The van der Waals surface area contributed by atoms with Crippen molar-refractivity contribution in [2.75, 3.05) is 32.7 Å². The Balaban J connectivity index is 1.65. The van der Waals surface area contributed by atoms with Gasteiger partial charge in [0.1, 0.15) is 0 Å². The van der Waals surface area contributed by atoms with Crippen molar-refractivity contribution < 1.29 is 9.59 Å². The lowest BCUT2D eigenvalue weighted by atomic mass is 10.3. The molecule has 25 heavy (non-hydrogen) atoms. The Morgan fingerprint density at radius 1 is 1.16 bits per heavy atom. The number of halogens is 1. The van der Waals surface area contributed by atoms with Crippen LogP contribution < -0.4 is 5.73 Å². The maximum Gasteiger partial charge on any atom is 0.274 e. The number of nitrogens with zero attached hydrogens (tertiary/aromatic N) is 6. The van der Waals surface area contributed by atoms with E-state index < -0.39 is 0 Å². The highest BCUT2D eigenvalue weighted by atomic mass is 79.9. The third kappa shape index (κ3) is 4.40. The monoisotopic (exact) mass is 407 g/mol. The standard InChI is InChI=1S/C15H18BrN7O2/c16-11-8-18-23(9-11)14-3-2-12(19-20-14)15(25)22-5-1-4-21(6-7-22)10-13(17)24/h2-3,8-9H,1,4-7,10H2,(H2,17,24). The number of carbonyl (C=O) groups excluding carboxylic acids is 2. The quantitative estimate of drug-likeness (QED) is 0.766. The topological polar surface area (TPSA) is 110 Å². The maximum absolute atomic E-state index is 12.6. The van der Waals surface area contributed by atoms with Crippen LogP contribution in [0.15, 0.2) is 29.0 Å². The molecule has 2 amide bonds. The summed E-state index contributed by atoms with van der Waals surface area (Å²) in [7, 11) is 0. The van der Waals surface area contributed by atoms with Crippen molar-refractivity contribution in [1.29, 1.82) is 0 Å². The zero-order valence-corrected chi connectivity index (χ0v) is 15.1. The highest BCUT2D eigenvalue weighted by molar-refractivity contribution is 9.10. The largest absolute Gasteiger partial charge is 0.369 e. The van der Waals surface area contributed by atoms with Crippen molar-refractivity contribution in [3.05, 3.63) is 34.7 Å². The number of rotatable bonds is 4. The summed E-state index contributed by atoms with van der Waals surface area (Å²) in [4.78, 5) is 27.3. The van der Waals surface area contributed by atoms with E-state index in [1.807, 2.05) is 4.90 Å². The SMILES string of the molecule is NC(=O)CN1CCCN(C(=O)c2ccc(-n3cc(Br)cn3)nn2)CC1. The minimum absolute atomic E-state index is 0.165. The molecule has 1 aliphatic heterocycles. The van der Waals surface area contributed by atoms with Crippen LogP contribution in [0.3, 0.4) is 0 Å². The van der Waals surface area contributed by atoms with Crippen LogP contribution in [0.25, 0.3) is 5.82 Å². The van der Waals surface area contributed by atoms with Gasteiger partial charge in [-0.05, 0) is 34.5 Å². The molecule has 0 saturated carbocycles. The fraction of sp³-hybridized carbons (Fsp3) is 0.400. The van der Waals surface area contributed by atoms with Gasteiger partial charge in [0.05, 0.1) is 17.2 Å². The lowest BCUT2D eigenvalue weighted by Gasteiger charge is -2.20. The van der Waals surface area contributed by atoms with Gasteiger partial charge < -0.3 is 10.6 Å². The fourth-order valence-corrected chi connectivity index (χ4v) is 2.99. The Labute approximate surface area is 152 Å². The number of aromatic nitrogens is 4. The van der Waals surface area contributed by atoms with Crippen molar-refractivity contribution in [2.24, 2.45) is 5.73 Å². The van der Waals surface area contributed by atoms with Crippen LogP contribution in [0.4, 0.5) is 0 Å². The molecule has 2 N–H and O–H groups in total. The summed E-state index contributed by atoms with van der Waals surface area (Å²) < 4.78 is 2.40. The van der Waals surface area contributed by atoms with Gasteiger partial charge in [-0.1, -0.05) is 0 Å². The van der Waals surface area contributed by atoms with Gasteiger partial charge in [0.15, 0.2) is 11.5 Å². The predicted octanol–water partition coefficient (Wildman–Crippen LogP) is 0.0580. The molecule has 1 aliphatic rings.